The van der Waals surface area contributed by atoms with Gasteiger partial charge in [-0.05, 0) is 71.9 Å². The van der Waals surface area contributed by atoms with Gasteiger partial charge in [0.1, 0.15) is 5.75 Å². The monoisotopic (exact) mass is 517 g/mol. The van der Waals surface area contributed by atoms with E-state index in [0.29, 0.717) is 37.6 Å². The topological polar surface area (TPSA) is 82.3 Å². The molecule has 0 radical (unpaired) electrons. The highest BCUT2D eigenvalue weighted by Gasteiger charge is 2.35. The molecule has 3 aromatic carbocycles. The molecule has 10 heteroatoms. The van der Waals surface area contributed by atoms with E-state index in [2.05, 4.69) is 10.2 Å². The SMILES string of the molecule is O=C1S/C(=C\c2cc(N=Nc3cccc(Cl)c3)ccc2O)C(=O)N1Cc1ccc(Cl)cc1Cl. The van der Waals surface area contributed by atoms with Crippen LogP contribution in [0.2, 0.25) is 15.1 Å². The Hall–Kier alpha value is -2.84. The highest BCUT2D eigenvalue weighted by Crippen LogP contribution is 2.36. The van der Waals surface area contributed by atoms with Crippen LogP contribution in [0.5, 0.6) is 5.75 Å². The van der Waals surface area contributed by atoms with E-state index in [1.165, 1.54) is 12.1 Å². The van der Waals surface area contributed by atoms with Crippen LogP contribution in [0, 0.1) is 0 Å². The number of thioether (sulfide) groups is 1. The fourth-order valence-corrected chi connectivity index (χ4v) is 4.45. The molecule has 33 heavy (non-hydrogen) atoms. The zero-order valence-electron chi connectivity index (χ0n) is 16.7. The van der Waals surface area contributed by atoms with Gasteiger partial charge >= 0.3 is 0 Å². The number of amides is 2. The van der Waals surface area contributed by atoms with Crippen LogP contribution in [0.15, 0.2) is 75.8 Å². The molecule has 0 atom stereocenters. The van der Waals surface area contributed by atoms with Crippen LogP contribution < -0.4 is 0 Å². The van der Waals surface area contributed by atoms with Crippen molar-refractivity contribution in [3.8, 4) is 5.75 Å². The number of benzene rings is 3. The van der Waals surface area contributed by atoms with Gasteiger partial charge < -0.3 is 5.11 Å². The summed E-state index contributed by atoms with van der Waals surface area (Å²) in [6.07, 6.45) is 1.45. The summed E-state index contributed by atoms with van der Waals surface area (Å²) < 4.78 is 0. The zero-order valence-corrected chi connectivity index (χ0v) is 19.8. The average molecular weight is 519 g/mol. The number of hydrogen-bond donors (Lipinski definition) is 1. The van der Waals surface area contributed by atoms with Crippen LogP contribution >= 0.6 is 46.6 Å². The van der Waals surface area contributed by atoms with E-state index in [9.17, 15) is 14.7 Å². The molecule has 2 amide bonds. The van der Waals surface area contributed by atoms with Gasteiger partial charge in [-0.3, -0.25) is 14.5 Å². The van der Waals surface area contributed by atoms with Crippen molar-refractivity contribution >= 4 is 75.2 Å². The van der Waals surface area contributed by atoms with Crippen molar-refractivity contribution in [2.45, 2.75) is 6.54 Å². The third-order valence-electron chi connectivity index (χ3n) is 4.60. The molecule has 1 N–H and O–H groups in total. The standard InChI is InChI=1S/C23H14Cl3N3O3S/c24-15-2-1-3-17(10-15)27-28-18-6-7-20(30)14(8-18)9-21-22(31)29(23(32)33-21)12-13-4-5-16(25)11-19(13)26/h1-11,30H,12H2/b21-9-,28-27?. The van der Waals surface area contributed by atoms with E-state index in [1.54, 1.807) is 54.6 Å². The van der Waals surface area contributed by atoms with Crippen molar-refractivity contribution in [1.29, 1.82) is 0 Å². The molecule has 0 aromatic heterocycles. The molecule has 1 saturated heterocycles. The van der Waals surface area contributed by atoms with E-state index in [1.807, 2.05) is 0 Å². The predicted molar refractivity (Wildman–Crippen MR) is 132 cm³/mol. The lowest BCUT2D eigenvalue weighted by Gasteiger charge is -2.13. The quantitative estimate of drug-likeness (QED) is 0.274. The minimum absolute atomic E-state index is 0.0118. The predicted octanol–water partition coefficient (Wildman–Crippen LogP) is 8.00. The van der Waals surface area contributed by atoms with Gasteiger partial charge in [0.15, 0.2) is 0 Å². The third-order valence-corrected chi connectivity index (χ3v) is 6.33. The number of azo groups is 1. The lowest BCUT2D eigenvalue weighted by molar-refractivity contribution is -0.123. The van der Waals surface area contributed by atoms with Gasteiger partial charge in [-0.15, -0.1) is 0 Å². The number of nitrogens with zero attached hydrogens (tertiary/aromatic N) is 3. The zero-order chi connectivity index (χ0) is 23.5. The van der Waals surface area contributed by atoms with Gasteiger partial charge in [0.25, 0.3) is 11.1 Å². The average Bonchev–Trinajstić information content (AvgIpc) is 3.03. The molecule has 4 rings (SSSR count). The molecular weight excluding hydrogens is 505 g/mol. The summed E-state index contributed by atoms with van der Waals surface area (Å²) in [7, 11) is 0. The maximum atomic E-state index is 12.9. The van der Waals surface area contributed by atoms with Crippen molar-refractivity contribution in [2.75, 3.05) is 0 Å². The Bertz CT molecular complexity index is 1330. The molecule has 0 unspecified atom stereocenters. The van der Waals surface area contributed by atoms with Gasteiger partial charge in [-0.25, -0.2) is 0 Å². The summed E-state index contributed by atoms with van der Waals surface area (Å²) in [4.78, 5) is 26.6. The first-order valence-electron chi connectivity index (χ1n) is 9.50. The maximum Gasteiger partial charge on any atom is 0.293 e. The van der Waals surface area contributed by atoms with Crippen LogP contribution in [0.4, 0.5) is 16.2 Å². The Morgan fingerprint density at radius 2 is 1.64 bits per heavy atom. The van der Waals surface area contributed by atoms with E-state index in [0.717, 1.165) is 16.7 Å². The van der Waals surface area contributed by atoms with Crippen molar-refractivity contribution in [2.24, 2.45) is 10.2 Å². The minimum Gasteiger partial charge on any atom is -0.507 e. The van der Waals surface area contributed by atoms with Gasteiger partial charge in [-0.2, -0.15) is 10.2 Å². The largest absolute Gasteiger partial charge is 0.507 e. The fourth-order valence-electron chi connectivity index (χ4n) is 2.97. The number of phenols is 1. The summed E-state index contributed by atoms with van der Waals surface area (Å²) in [6.45, 7) is 0.0118. The first-order chi connectivity index (χ1) is 15.8. The number of carbonyl (C=O) groups is 2. The second kappa shape index (κ2) is 9.97. The maximum absolute atomic E-state index is 12.9. The summed E-state index contributed by atoms with van der Waals surface area (Å²) in [6, 6.07) is 16.3. The third kappa shape index (κ3) is 5.57. The van der Waals surface area contributed by atoms with E-state index >= 15 is 0 Å². The van der Waals surface area contributed by atoms with Crippen molar-refractivity contribution in [3.63, 3.8) is 0 Å². The van der Waals surface area contributed by atoms with E-state index in [-0.39, 0.29) is 17.2 Å². The summed E-state index contributed by atoms with van der Waals surface area (Å²) in [5.41, 5.74) is 1.94. The molecule has 6 nitrogen and oxygen atoms in total. The number of rotatable bonds is 5. The molecule has 1 aliphatic heterocycles. The Kier molecular flexibility index (Phi) is 7.05. The first kappa shape index (κ1) is 23.3. The molecule has 1 fully saturated rings. The van der Waals surface area contributed by atoms with Crippen LogP contribution in [-0.4, -0.2) is 21.2 Å². The van der Waals surface area contributed by atoms with Crippen molar-refractivity contribution in [1.82, 2.24) is 4.90 Å². The molecule has 0 saturated carbocycles. The Labute approximate surface area is 208 Å². The van der Waals surface area contributed by atoms with Crippen LogP contribution in [0.1, 0.15) is 11.1 Å². The van der Waals surface area contributed by atoms with Crippen molar-refractivity contribution in [3.05, 3.63) is 91.8 Å². The van der Waals surface area contributed by atoms with Crippen molar-refractivity contribution < 1.29 is 14.7 Å². The van der Waals surface area contributed by atoms with Gasteiger partial charge in [0, 0.05) is 20.6 Å². The number of phenolic OH excluding ortho intramolecular Hbond substituents is 1. The lowest BCUT2D eigenvalue weighted by atomic mass is 10.1. The molecule has 0 aliphatic carbocycles. The number of halogens is 3. The van der Waals surface area contributed by atoms with Gasteiger partial charge in [0.2, 0.25) is 0 Å². The summed E-state index contributed by atoms with van der Waals surface area (Å²) >= 11 is 18.8. The molecule has 1 aliphatic rings. The Morgan fingerprint density at radius 1 is 0.909 bits per heavy atom. The Balaban J connectivity index is 1.56. The smallest absolute Gasteiger partial charge is 0.293 e. The first-order valence-corrected chi connectivity index (χ1v) is 11.4. The van der Waals surface area contributed by atoms with Gasteiger partial charge in [-0.1, -0.05) is 46.9 Å². The molecule has 1 heterocycles. The van der Waals surface area contributed by atoms with Crippen LogP contribution in [0.25, 0.3) is 6.08 Å². The van der Waals surface area contributed by atoms with Crippen LogP contribution in [0.3, 0.4) is 0 Å². The number of aromatic hydroxyl groups is 1. The lowest BCUT2D eigenvalue weighted by Crippen LogP contribution is -2.27. The van der Waals surface area contributed by atoms with E-state index < -0.39 is 11.1 Å². The molecule has 3 aromatic rings. The minimum atomic E-state index is -0.485. The Morgan fingerprint density at radius 3 is 2.36 bits per heavy atom. The highest BCUT2D eigenvalue weighted by molar-refractivity contribution is 8.18. The van der Waals surface area contributed by atoms with Gasteiger partial charge in [0.05, 0.1) is 22.8 Å². The molecule has 166 valence electrons. The van der Waals surface area contributed by atoms with Crippen LogP contribution in [-0.2, 0) is 11.3 Å². The highest BCUT2D eigenvalue weighted by atomic mass is 35.5. The second-order valence-electron chi connectivity index (χ2n) is 6.93. The van der Waals surface area contributed by atoms with E-state index in [4.69, 9.17) is 34.8 Å². The molecule has 0 spiro atoms. The summed E-state index contributed by atoms with van der Waals surface area (Å²) in [5, 5.41) is 19.4. The number of imide groups is 1. The normalized spacial score (nSPS) is 15.2. The number of hydrogen-bond acceptors (Lipinski definition) is 6. The molecule has 0 bridgehead atoms. The summed E-state index contributed by atoms with van der Waals surface area (Å²) in [5.74, 6) is -0.550. The molecular formula is C23H14Cl3N3O3S. The number of carbonyl (C=O) groups excluding carboxylic acids is 2. The second-order valence-corrected chi connectivity index (χ2v) is 9.20. The fraction of sp³-hybridized carbons (Fsp3) is 0.0435.